The third-order valence-corrected chi connectivity index (χ3v) is 4.14. The van der Waals surface area contributed by atoms with Crippen LogP contribution in [-0.2, 0) is 9.84 Å². The Morgan fingerprint density at radius 3 is 2.50 bits per heavy atom. The van der Waals surface area contributed by atoms with E-state index in [0.717, 1.165) is 6.21 Å². The Morgan fingerprint density at radius 1 is 1.11 bits per heavy atom. The average Bonchev–Trinajstić information content (AvgIpc) is 2.41. The Morgan fingerprint density at radius 2 is 1.83 bits per heavy atom. The molecule has 0 aliphatic heterocycles. The highest BCUT2D eigenvalue weighted by Crippen LogP contribution is 2.21. The van der Waals surface area contributed by atoms with Crippen LogP contribution in [0, 0.1) is 0 Å². The van der Waals surface area contributed by atoms with Crippen LogP contribution in [-0.4, -0.2) is 24.8 Å². The molecule has 2 rings (SSSR count). The van der Waals surface area contributed by atoms with Crippen molar-refractivity contribution >= 4 is 16.1 Å². The molecular formula is C12H10N2O3S. The number of benzene rings is 1. The second-order valence-corrected chi connectivity index (χ2v) is 5.37. The fourth-order valence-corrected chi connectivity index (χ4v) is 2.92. The van der Waals surface area contributed by atoms with Gasteiger partial charge in [-0.15, -0.1) is 0 Å². The standard InChI is InChI=1S/C12H10N2O3S/c15-14-9-11-12(7-4-8-13-11)18(16,17)10-5-2-1-3-6-10/h1-9,15H/b14-9-. The molecule has 0 spiro atoms. The summed E-state index contributed by atoms with van der Waals surface area (Å²) in [6.45, 7) is 0. The first-order chi connectivity index (χ1) is 8.66. The Kier molecular flexibility index (Phi) is 3.38. The molecule has 0 saturated carbocycles. The summed E-state index contributed by atoms with van der Waals surface area (Å²) in [5, 5.41) is 11.3. The van der Waals surface area contributed by atoms with Gasteiger partial charge in [-0.05, 0) is 24.3 Å². The van der Waals surface area contributed by atoms with Crippen LogP contribution in [0.2, 0.25) is 0 Å². The van der Waals surface area contributed by atoms with Gasteiger partial charge in [0.25, 0.3) is 0 Å². The number of aromatic nitrogens is 1. The molecule has 2 aromatic rings. The van der Waals surface area contributed by atoms with Crippen molar-refractivity contribution in [2.45, 2.75) is 9.79 Å². The smallest absolute Gasteiger partial charge is 0.208 e. The van der Waals surface area contributed by atoms with Gasteiger partial charge in [-0.3, -0.25) is 4.98 Å². The van der Waals surface area contributed by atoms with Gasteiger partial charge in [-0.1, -0.05) is 23.4 Å². The minimum atomic E-state index is -3.66. The monoisotopic (exact) mass is 262 g/mol. The van der Waals surface area contributed by atoms with Gasteiger partial charge in [0.05, 0.1) is 16.0 Å². The van der Waals surface area contributed by atoms with Crippen molar-refractivity contribution in [1.29, 1.82) is 0 Å². The van der Waals surface area contributed by atoms with Gasteiger partial charge in [-0.2, -0.15) is 0 Å². The molecule has 1 aromatic heterocycles. The Bertz CT molecular complexity index is 667. The van der Waals surface area contributed by atoms with Crippen LogP contribution < -0.4 is 0 Å². The number of pyridine rings is 1. The van der Waals surface area contributed by atoms with Crippen molar-refractivity contribution in [2.24, 2.45) is 5.16 Å². The number of oxime groups is 1. The van der Waals surface area contributed by atoms with Crippen LogP contribution in [0.15, 0.2) is 63.6 Å². The topological polar surface area (TPSA) is 79.6 Å². The van der Waals surface area contributed by atoms with Crippen molar-refractivity contribution < 1.29 is 13.6 Å². The highest BCUT2D eigenvalue weighted by atomic mass is 32.2. The summed E-state index contributed by atoms with van der Waals surface area (Å²) in [5.41, 5.74) is 0.101. The van der Waals surface area contributed by atoms with Gasteiger partial charge in [0.15, 0.2) is 0 Å². The highest BCUT2D eigenvalue weighted by Gasteiger charge is 2.20. The number of rotatable bonds is 3. The normalized spacial score (nSPS) is 11.8. The molecule has 0 aliphatic carbocycles. The molecule has 6 heteroatoms. The van der Waals surface area contributed by atoms with E-state index in [1.54, 1.807) is 18.2 Å². The molecule has 1 heterocycles. The zero-order valence-corrected chi connectivity index (χ0v) is 10.1. The van der Waals surface area contributed by atoms with E-state index in [2.05, 4.69) is 10.1 Å². The maximum atomic E-state index is 12.3. The highest BCUT2D eigenvalue weighted by molar-refractivity contribution is 7.91. The number of sulfone groups is 1. The molecule has 0 saturated heterocycles. The molecule has 5 nitrogen and oxygen atoms in total. The summed E-state index contributed by atoms with van der Waals surface area (Å²) < 4.78 is 24.7. The van der Waals surface area contributed by atoms with Crippen LogP contribution in [0.5, 0.6) is 0 Å². The summed E-state index contributed by atoms with van der Waals surface area (Å²) in [5.74, 6) is 0. The molecule has 0 unspecified atom stereocenters. The third kappa shape index (κ3) is 2.23. The Labute approximate surface area is 104 Å². The Balaban J connectivity index is 2.62. The first-order valence-corrected chi connectivity index (χ1v) is 6.57. The maximum absolute atomic E-state index is 12.3. The third-order valence-electron chi connectivity index (χ3n) is 2.32. The van der Waals surface area contributed by atoms with Crippen molar-refractivity contribution in [3.8, 4) is 0 Å². The summed E-state index contributed by atoms with van der Waals surface area (Å²) in [7, 11) is -3.66. The molecule has 0 radical (unpaired) electrons. The number of hydrogen-bond acceptors (Lipinski definition) is 5. The van der Waals surface area contributed by atoms with Gasteiger partial charge in [0, 0.05) is 6.20 Å². The second-order valence-electron chi connectivity index (χ2n) is 3.45. The zero-order valence-electron chi connectivity index (χ0n) is 9.26. The molecule has 0 aliphatic rings. The molecule has 0 amide bonds. The largest absolute Gasteiger partial charge is 0.411 e. The van der Waals surface area contributed by atoms with Crippen LogP contribution in [0.1, 0.15) is 5.69 Å². The predicted octanol–water partition coefficient (Wildman–Crippen LogP) is 1.72. The lowest BCUT2D eigenvalue weighted by Gasteiger charge is -2.06. The number of hydrogen-bond donors (Lipinski definition) is 1. The van der Waals surface area contributed by atoms with Gasteiger partial charge in [0.1, 0.15) is 5.69 Å². The molecule has 0 bridgehead atoms. The molecule has 92 valence electrons. The summed E-state index contributed by atoms with van der Waals surface area (Å²) in [6, 6.07) is 11.0. The van der Waals surface area contributed by atoms with Crippen molar-refractivity contribution in [1.82, 2.24) is 4.98 Å². The second kappa shape index (κ2) is 4.97. The van der Waals surface area contributed by atoms with Crippen LogP contribution in [0.4, 0.5) is 0 Å². The minimum Gasteiger partial charge on any atom is -0.411 e. The average molecular weight is 262 g/mol. The molecule has 1 N–H and O–H groups in total. The maximum Gasteiger partial charge on any atom is 0.208 e. The van der Waals surface area contributed by atoms with Crippen LogP contribution in [0.25, 0.3) is 0 Å². The van der Waals surface area contributed by atoms with E-state index in [0.29, 0.717) is 0 Å². The van der Waals surface area contributed by atoms with Gasteiger partial charge in [0.2, 0.25) is 9.84 Å². The zero-order chi connectivity index (χ0) is 13.0. The molecule has 0 atom stereocenters. The van der Waals surface area contributed by atoms with Gasteiger partial charge < -0.3 is 5.21 Å². The lowest BCUT2D eigenvalue weighted by Crippen LogP contribution is -2.06. The molecule has 0 fully saturated rings. The molecule has 18 heavy (non-hydrogen) atoms. The van der Waals surface area contributed by atoms with E-state index in [1.165, 1.54) is 30.5 Å². The fourth-order valence-electron chi connectivity index (χ4n) is 1.51. The molecular weight excluding hydrogens is 252 g/mol. The van der Waals surface area contributed by atoms with E-state index < -0.39 is 9.84 Å². The quantitative estimate of drug-likeness (QED) is 0.519. The van der Waals surface area contributed by atoms with Gasteiger partial charge >= 0.3 is 0 Å². The summed E-state index contributed by atoms with van der Waals surface area (Å²) in [6.07, 6.45) is 2.43. The van der Waals surface area contributed by atoms with Crippen molar-refractivity contribution in [3.63, 3.8) is 0 Å². The van der Waals surface area contributed by atoms with E-state index in [9.17, 15) is 8.42 Å². The Hall–Kier alpha value is -2.21. The van der Waals surface area contributed by atoms with E-state index >= 15 is 0 Å². The van der Waals surface area contributed by atoms with Crippen LogP contribution >= 0.6 is 0 Å². The minimum absolute atomic E-state index is 0.00833. The fraction of sp³-hybridized carbons (Fsp3) is 0. The summed E-state index contributed by atoms with van der Waals surface area (Å²) >= 11 is 0. The SMILES string of the molecule is O=S(=O)(c1ccccc1)c1cccnc1/C=N\O. The lowest BCUT2D eigenvalue weighted by molar-refractivity contribution is 0.321. The summed E-state index contributed by atoms with van der Waals surface area (Å²) in [4.78, 5) is 4.05. The number of nitrogens with zero attached hydrogens (tertiary/aromatic N) is 2. The first-order valence-electron chi connectivity index (χ1n) is 5.09. The lowest BCUT2D eigenvalue weighted by atomic mass is 10.4. The first kappa shape index (κ1) is 12.3. The van der Waals surface area contributed by atoms with Crippen LogP contribution in [0.3, 0.4) is 0 Å². The van der Waals surface area contributed by atoms with Crippen molar-refractivity contribution in [2.75, 3.05) is 0 Å². The van der Waals surface area contributed by atoms with E-state index in [1.807, 2.05) is 0 Å². The van der Waals surface area contributed by atoms with Crippen molar-refractivity contribution in [3.05, 3.63) is 54.4 Å². The van der Waals surface area contributed by atoms with E-state index in [-0.39, 0.29) is 15.5 Å². The molecule has 1 aromatic carbocycles. The van der Waals surface area contributed by atoms with Gasteiger partial charge in [-0.25, -0.2) is 8.42 Å². The van der Waals surface area contributed by atoms with E-state index in [4.69, 9.17) is 5.21 Å². The predicted molar refractivity (Wildman–Crippen MR) is 65.5 cm³/mol.